The first-order valence-corrected chi connectivity index (χ1v) is 11.2. The number of hydrogen-bond donors (Lipinski definition) is 1. The molecule has 0 bridgehead atoms. The van der Waals surface area contributed by atoms with Gasteiger partial charge in [-0.05, 0) is 41.5 Å². The van der Waals surface area contributed by atoms with E-state index >= 15 is 0 Å². The average molecular weight is 447 g/mol. The fourth-order valence-corrected chi connectivity index (χ4v) is 3.93. The van der Waals surface area contributed by atoms with Crippen LogP contribution < -0.4 is 14.8 Å². The molecule has 1 atom stereocenters. The van der Waals surface area contributed by atoms with Crippen molar-refractivity contribution < 1.29 is 19.0 Å². The van der Waals surface area contributed by atoms with Gasteiger partial charge in [0.2, 0.25) is 0 Å². The van der Waals surface area contributed by atoms with Crippen molar-refractivity contribution in [3.63, 3.8) is 0 Å². The van der Waals surface area contributed by atoms with Crippen LogP contribution in [0.3, 0.4) is 0 Å². The second kappa shape index (κ2) is 11.5. The molecule has 1 heterocycles. The molecule has 1 amide bonds. The van der Waals surface area contributed by atoms with Crippen LogP contribution in [0.5, 0.6) is 11.5 Å². The van der Waals surface area contributed by atoms with Gasteiger partial charge < -0.3 is 19.5 Å². The van der Waals surface area contributed by atoms with Crippen molar-refractivity contribution >= 4 is 5.91 Å². The Morgan fingerprint density at radius 3 is 2.45 bits per heavy atom. The lowest BCUT2D eigenvalue weighted by Crippen LogP contribution is -2.43. The molecule has 0 aromatic heterocycles. The molecule has 172 valence electrons. The van der Waals surface area contributed by atoms with E-state index in [1.165, 1.54) is 0 Å². The van der Waals surface area contributed by atoms with Gasteiger partial charge in [-0.1, -0.05) is 48.5 Å². The summed E-state index contributed by atoms with van der Waals surface area (Å²) in [5, 5.41) is 3.12. The highest BCUT2D eigenvalue weighted by Gasteiger charge is 2.23. The predicted molar refractivity (Wildman–Crippen MR) is 128 cm³/mol. The number of carbonyl (C=O) groups is 1. The number of methoxy groups -OCH3 is 1. The van der Waals surface area contributed by atoms with Crippen LogP contribution in [0.4, 0.5) is 0 Å². The van der Waals surface area contributed by atoms with Gasteiger partial charge in [-0.25, -0.2) is 0 Å². The highest BCUT2D eigenvalue weighted by atomic mass is 16.5. The van der Waals surface area contributed by atoms with E-state index in [2.05, 4.69) is 22.3 Å². The van der Waals surface area contributed by atoms with Crippen molar-refractivity contribution in [1.82, 2.24) is 10.2 Å². The Kier molecular flexibility index (Phi) is 7.95. The molecule has 3 aromatic carbocycles. The highest BCUT2D eigenvalue weighted by molar-refractivity contribution is 5.94. The number of rotatable bonds is 9. The Hall–Kier alpha value is -3.35. The van der Waals surface area contributed by atoms with Crippen molar-refractivity contribution in [3.05, 3.63) is 95.6 Å². The summed E-state index contributed by atoms with van der Waals surface area (Å²) in [5.74, 6) is 1.37. The van der Waals surface area contributed by atoms with E-state index in [0.717, 1.165) is 30.0 Å². The minimum absolute atomic E-state index is 0.0567. The lowest BCUT2D eigenvalue weighted by Gasteiger charge is -2.35. The molecule has 1 fully saturated rings. The van der Waals surface area contributed by atoms with Crippen molar-refractivity contribution in [2.75, 3.05) is 40.0 Å². The van der Waals surface area contributed by atoms with Crippen molar-refractivity contribution in [2.45, 2.75) is 12.6 Å². The van der Waals surface area contributed by atoms with Gasteiger partial charge in [-0.2, -0.15) is 0 Å². The average Bonchev–Trinajstić information content (AvgIpc) is 2.89. The predicted octanol–water partition coefficient (Wildman–Crippen LogP) is 4.08. The first kappa shape index (κ1) is 22.8. The monoisotopic (exact) mass is 446 g/mol. The van der Waals surface area contributed by atoms with Crippen molar-refractivity contribution in [3.8, 4) is 11.5 Å². The maximum atomic E-state index is 13.0. The lowest BCUT2D eigenvalue weighted by molar-refractivity contribution is 0.0162. The molecule has 33 heavy (non-hydrogen) atoms. The molecule has 1 N–H and O–H groups in total. The summed E-state index contributed by atoms with van der Waals surface area (Å²) in [5.41, 5.74) is 2.80. The number of ether oxygens (including phenoxy) is 3. The fourth-order valence-electron chi connectivity index (χ4n) is 3.93. The van der Waals surface area contributed by atoms with E-state index in [1.54, 1.807) is 13.2 Å². The Balaban J connectivity index is 1.41. The third-order valence-corrected chi connectivity index (χ3v) is 5.79. The number of hydrogen-bond acceptors (Lipinski definition) is 5. The zero-order valence-electron chi connectivity index (χ0n) is 18.9. The molecule has 0 saturated carbocycles. The zero-order chi connectivity index (χ0) is 22.9. The zero-order valence-corrected chi connectivity index (χ0v) is 18.9. The topological polar surface area (TPSA) is 60.0 Å². The Morgan fingerprint density at radius 1 is 0.970 bits per heavy atom. The maximum absolute atomic E-state index is 13.0. The van der Waals surface area contributed by atoms with E-state index in [9.17, 15) is 4.79 Å². The van der Waals surface area contributed by atoms with Gasteiger partial charge in [-0.3, -0.25) is 9.69 Å². The molecule has 0 aliphatic carbocycles. The van der Waals surface area contributed by atoms with Crippen LogP contribution in [-0.2, 0) is 11.3 Å². The maximum Gasteiger partial charge on any atom is 0.251 e. The number of amides is 1. The number of benzene rings is 3. The normalized spacial score (nSPS) is 14.9. The van der Waals surface area contributed by atoms with Crippen LogP contribution in [-0.4, -0.2) is 50.8 Å². The van der Waals surface area contributed by atoms with Gasteiger partial charge in [0.05, 0.1) is 26.4 Å². The highest BCUT2D eigenvalue weighted by Crippen LogP contribution is 2.24. The van der Waals surface area contributed by atoms with E-state index < -0.39 is 0 Å². The smallest absolute Gasteiger partial charge is 0.251 e. The summed E-state index contributed by atoms with van der Waals surface area (Å²) in [6.07, 6.45) is 0. The molecule has 1 aliphatic rings. The number of nitrogens with one attached hydrogen (secondary N) is 1. The molecule has 6 nitrogen and oxygen atoms in total. The summed E-state index contributed by atoms with van der Waals surface area (Å²) in [6, 6.07) is 25.4. The number of nitrogens with zero attached hydrogens (tertiary/aromatic N) is 1. The van der Waals surface area contributed by atoms with Crippen LogP contribution in [0.1, 0.15) is 27.5 Å². The van der Waals surface area contributed by atoms with Gasteiger partial charge >= 0.3 is 0 Å². The van der Waals surface area contributed by atoms with E-state index in [1.807, 2.05) is 60.7 Å². The molecule has 0 unspecified atom stereocenters. The summed E-state index contributed by atoms with van der Waals surface area (Å²) < 4.78 is 16.7. The van der Waals surface area contributed by atoms with E-state index in [4.69, 9.17) is 14.2 Å². The van der Waals surface area contributed by atoms with Gasteiger partial charge in [0.15, 0.2) is 0 Å². The Labute approximate surface area is 195 Å². The fraction of sp³-hybridized carbons (Fsp3) is 0.296. The van der Waals surface area contributed by atoms with Crippen LogP contribution in [0, 0.1) is 0 Å². The summed E-state index contributed by atoms with van der Waals surface area (Å²) >= 11 is 0. The van der Waals surface area contributed by atoms with Crippen LogP contribution in [0.25, 0.3) is 0 Å². The number of morpholine rings is 1. The second-order valence-electron chi connectivity index (χ2n) is 7.95. The third-order valence-electron chi connectivity index (χ3n) is 5.79. The third kappa shape index (κ3) is 6.34. The van der Waals surface area contributed by atoms with Crippen molar-refractivity contribution in [2.24, 2.45) is 0 Å². The molecular formula is C27H30N2O4. The molecule has 1 saturated heterocycles. The van der Waals surface area contributed by atoms with Crippen LogP contribution in [0.15, 0.2) is 78.9 Å². The molecule has 0 spiro atoms. The minimum Gasteiger partial charge on any atom is -0.497 e. The summed E-state index contributed by atoms with van der Waals surface area (Å²) in [6.45, 7) is 4.01. The van der Waals surface area contributed by atoms with Crippen LogP contribution >= 0.6 is 0 Å². The molecule has 3 aromatic rings. The Bertz CT molecular complexity index is 1020. The summed E-state index contributed by atoms with van der Waals surface area (Å²) in [7, 11) is 1.66. The molecule has 0 radical (unpaired) electrons. The minimum atomic E-state index is -0.119. The Morgan fingerprint density at radius 2 is 1.73 bits per heavy atom. The van der Waals surface area contributed by atoms with Crippen molar-refractivity contribution in [1.29, 1.82) is 0 Å². The van der Waals surface area contributed by atoms with Gasteiger partial charge in [0.25, 0.3) is 5.91 Å². The summed E-state index contributed by atoms with van der Waals surface area (Å²) in [4.78, 5) is 15.3. The first-order valence-electron chi connectivity index (χ1n) is 11.2. The molecule has 4 rings (SSSR count). The SMILES string of the molecule is COc1ccc([C@@H](CNC(=O)c2cccc(OCc3ccccc3)c2)N2CCOCC2)cc1. The largest absolute Gasteiger partial charge is 0.497 e. The first-order chi connectivity index (χ1) is 16.2. The standard InChI is InChI=1S/C27H30N2O4/c1-31-24-12-10-22(11-13-24)26(29-14-16-32-17-15-29)19-28-27(30)23-8-5-9-25(18-23)33-20-21-6-3-2-4-7-21/h2-13,18,26H,14-17,19-20H2,1H3,(H,28,30)/t26-/m1/s1. The van der Waals surface area contributed by atoms with E-state index in [-0.39, 0.29) is 11.9 Å². The number of carbonyl (C=O) groups excluding carboxylic acids is 1. The van der Waals surface area contributed by atoms with Gasteiger partial charge in [0.1, 0.15) is 18.1 Å². The molecule has 6 heteroatoms. The van der Waals surface area contributed by atoms with Crippen LogP contribution in [0.2, 0.25) is 0 Å². The second-order valence-corrected chi connectivity index (χ2v) is 7.95. The quantitative estimate of drug-likeness (QED) is 0.537. The molecule has 1 aliphatic heterocycles. The van der Waals surface area contributed by atoms with Gasteiger partial charge in [-0.15, -0.1) is 0 Å². The lowest BCUT2D eigenvalue weighted by atomic mass is 10.0. The van der Waals surface area contributed by atoms with E-state index in [0.29, 0.717) is 37.7 Å². The van der Waals surface area contributed by atoms with Gasteiger partial charge in [0, 0.05) is 25.2 Å². The molecular weight excluding hydrogens is 416 g/mol.